The summed E-state index contributed by atoms with van der Waals surface area (Å²) < 4.78 is 10.8. The Kier molecular flexibility index (Phi) is 4.45. The molecule has 0 bridgehead atoms. The molecule has 0 unspecified atom stereocenters. The van der Waals surface area contributed by atoms with Gasteiger partial charge in [-0.1, -0.05) is 11.6 Å². The number of aliphatic hydroxyl groups is 1. The number of furan rings is 1. The van der Waals surface area contributed by atoms with Gasteiger partial charge in [-0.15, -0.1) is 0 Å². The zero-order chi connectivity index (χ0) is 19.9. The van der Waals surface area contributed by atoms with Crippen LogP contribution in [0.1, 0.15) is 22.5 Å². The SMILES string of the molecule is COc1ccc2c(c1)[C@](O)(CC(=O)c1ccc(-c3ccc(Cl)cc3)o1)C(=O)N2. The first-order chi connectivity index (χ1) is 13.4. The molecule has 0 radical (unpaired) electrons. The van der Waals surface area contributed by atoms with E-state index in [0.717, 1.165) is 5.56 Å². The van der Waals surface area contributed by atoms with Crippen LogP contribution in [0.2, 0.25) is 5.02 Å². The number of hydrogen-bond acceptors (Lipinski definition) is 5. The van der Waals surface area contributed by atoms with E-state index in [2.05, 4.69) is 5.32 Å². The lowest BCUT2D eigenvalue weighted by Crippen LogP contribution is -2.36. The van der Waals surface area contributed by atoms with Crippen LogP contribution in [0.5, 0.6) is 5.75 Å². The second-order valence-electron chi connectivity index (χ2n) is 6.50. The number of anilines is 1. The maximum Gasteiger partial charge on any atom is 0.261 e. The number of ketones is 1. The number of Topliss-reactive ketones (excluding diaryl/α,β-unsaturated/α-hetero) is 1. The summed E-state index contributed by atoms with van der Waals surface area (Å²) >= 11 is 5.88. The third-order valence-electron chi connectivity index (χ3n) is 4.72. The number of halogens is 1. The highest BCUT2D eigenvalue weighted by Crippen LogP contribution is 2.41. The Morgan fingerprint density at radius 3 is 2.64 bits per heavy atom. The number of hydrogen-bond donors (Lipinski definition) is 2. The molecule has 1 aliphatic rings. The molecule has 1 amide bonds. The number of amides is 1. The summed E-state index contributed by atoms with van der Waals surface area (Å²) in [5.41, 5.74) is -0.485. The Bertz CT molecular complexity index is 1070. The molecular formula is C21H16ClNO5. The van der Waals surface area contributed by atoms with Gasteiger partial charge < -0.3 is 19.6 Å². The number of nitrogens with one attached hydrogen (secondary N) is 1. The minimum Gasteiger partial charge on any atom is -0.497 e. The van der Waals surface area contributed by atoms with E-state index in [9.17, 15) is 14.7 Å². The summed E-state index contributed by atoms with van der Waals surface area (Å²) in [4.78, 5) is 25.1. The topological polar surface area (TPSA) is 88.8 Å². The van der Waals surface area contributed by atoms with Crippen LogP contribution in [0.3, 0.4) is 0 Å². The van der Waals surface area contributed by atoms with Crippen molar-refractivity contribution < 1.29 is 23.8 Å². The molecule has 2 aromatic carbocycles. The van der Waals surface area contributed by atoms with Crippen LogP contribution in [-0.2, 0) is 10.4 Å². The Balaban J connectivity index is 1.61. The summed E-state index contributed by atoms with van der Waals surface area (Å²) in [5, 5.41) is 14.2. The molecule has 0 aliphatic carbocycles. The average Bonchev–Trinajstić information content (AvgIpc) is 3.27. The van der Waals surface area contributed by atoms with Crippen molar-refractivity contribution in [2.45, 2.75) is 12.0 Å². The van der Waals surface area contributed by atoms with Gasteiger partial charge in [0.1, 0.15) is 11.5 Å². The average molecular weight is 398 g/mol. The molecule has 0 saturated carbocycles. The van der Waals surface area contributed by atoms with Gasteiger partial charge in [-0.25, -0.2) is 0 Å². The third kappa shape index (κ3) is 3.06. The van der Waals surface area contributed by atoms with Gasteiger partial charge in [-0.2, -0.15) is 0 Å². The quantitative estimate of drug-likeness (QED) is 0.635. The molecule has 28 heavy (non-hydrogen) atoms. The van der Waals surface area contributed by atoms with Crippen molar-refractivity contribution in [1.29, 1.82) is 0 Å². The van der Waals surface area contributed by atoms with Gasteiger partial charge in [-0.05, 0) is 54.6 Å². The largest absolute Gasteiger partial charge is 0.497 e. The minimum atomic E-state index is -1.99. The van der Waals surface area contributed by atoms with Gasteiger partial charge >= 0.3 is 0 Å². The molecular weight excluding hydrogens is 382 g/mol. The Labute approximate surface area is 165 Å². The second-order valence-corrected chi connectivity index (χ2v) is 6.93. The van der Waals surface area contributed by atoms with E-state index in [1.54, 1.807) is 48.5 Å². The van der Waals surface area contributed by atoms with E-state index in [4.69, 9.17) is 20.8 Å². The lowest BCUT2D eigenvalue weighted by atomic mass is 9.89. The van der Waals surface area contributed by atoms with Crippen molar-refractivity contribution in [3.8, 4) is 17.1 Å². The van der Waals surface area contributed by atoms with Crippen LogP contribution in [0, 0.1) is 0 Å². The van der Waals surface area contributed by atoms with Crippen LogP contribution in [0.4, 0.5) is 5.69 Å². The minimum absolute atomic E-state index is 0.0579. The standard InChI is InChI=1S/C21H16ClNO5/c1-27-14-6-7-16-15(10-14)21(26,20(25)23-16)11-17(24)19-9-8-18(28-19)12-2-4-13(22)5-3-12/h2-10,26H,11H2,1H3,(H,23,25)/t21-/m1/s1. The zero-order valence-corrected chi connectivity index (χ0v) is 15.6. The van der Waals surface area contributed by atoms with E-state index in [-0.39, 0.29) is 5.76 Å². The summed E-state index contributed by atoms with van der Waals surface area (Å²) in [7, 11) is 1.48. The number of ether oxygens (including phenoxy) is 1. The maximum absolute atomic E-state index is 12.7. The second kappa shape index (κ2) is 6.82. The van der Waals surface area contributed by atoms with E-state index in [1.165, 1.54) is 13.2 Å². The molecule has 0 fully saturated rings. The highest BCUT2D eigenvalue weighted by atomic mass is 35.5. The molecule has 0 saturated heterocycles. The number of carbonyl (C=O) groups is 2. The predicted molar refractivity (Wildman–Crippen MR) is 104 cm³/mol. The molecule has 7 heteroatoms. The molecule has 1 atom stereocenters. The van der Waals surface area contributed by atoms with E-state index >= 15 is 0 Å². The van der Waals surface area contributed by atoms with Crippen molar-refractivity contribution in [1.82, 2.24) is 0 Å². The van der Waals surface area contributed by atoms with Crippen LogP contribution >= 0.6 is 11.6 Å². The fourth-order valence-corrected chi connectivity index (χ4v) is 3.33. The number of rotatable bonds is 5. The van der Waals surface area contributed by atoms with E-state index < -0.39 is 23.7 Å². The molecule has 0 spiro atoms. The van der Waals surface area contributed by atoms with E-state index in [1.807, 2.05) is 0 Å². The number of carbonyl (C=O) groups excluding carboxylic acids is 2. The predicted octanol–water partition coefficient (Wildman–Crippen LogP) is 4.02. The van der Waals surface area contributed by atoms with Crippen LogP contribution < -0.4 is 10.1 Å². The van der Waals surface area contributed by atoms with Crippen molar-refractivity contribution >= 4 is 29.0 Å². The number of fused-ring (bicyclic) bond motifs is 1. The third-order valence-corrected chi connectivity index (χ3v) is 4.97. The lowest BCUT2D eigenvalue weighted by molar-refractivity contribution is -0.133. The summed E-state index contributed by atoms with van der Waals surface area (Å²) in [6.07, 6.45) is -0.452. The highest BCUT2D eigenvalue weighted by Gasteiger charge is 2.47. The summed E-state index contributed by atoms with van der Waals surface area (Å²) in [6, 6.07) is 15.0. The first-order valence-corrected chi connectivity index (χ1v) is 8.90. The molecule has 2 N–H and O–H groups in total. The molecule has 1 aliphatic heterocycles. The highest BCUT2D eigenvalue weighted by molar-refractivity contribution is 6.30. The molecule has 4 rings (SSSR count). The fraction of sp³-hybridized carbons (Fsp3) is 0.143. The van der Waals surface area contributed by atoms with E-state index in [0.29, 0.717) is 27.8 Å². The van der Waals surface area contributed by atoms with Gasteiger partial charge in [0.05, 0.1) is 13.5 Å². The van der Waals surface area contributed by atoms with Gasteiger partial charge in [-0.3, -0.25) is 9.59 Å². The van der Waals surface area contributed by atoms with Crippen LogP contribution in [-0.4, -0.2) is 23.9 Å². The van der Waals surface area contributed by atoms with Crippen molar-refractivity contribution in [3.63, 3.8) is 0 Å². The Morgan fingerprint density at radius 2 is 1.93 bits per heavy atom. The zero-order valence-electron chi connectivity index (χ0n) is 14.9. The normalized spacial score (nSPS) is 17.9. The first kappa shape index (κ1) is 18.3. The monoisotopic (exact) mass is 397 g/mol. The number of benzene rings is 2. The first-order valence-electron chi connectivity index (χ1n) is 8.52. The maximum atomic E-state index is 12.7. The number of methoxy groups -OCH3 is 1. The van der Waals surface area contributed by atoms with Crippen molar-refractivity contribution in [3.05, 3.63) is 70.9 Å². The molecule has 2 heterocycles. The van der Waals surface area contributed by atoms with Gasteiger partial charge in [0.25, 0.3) is 5.91 Å². The van der Waals surface area contributed by atoms with Crippen LogP contribution in [0.25, 0.3) is 11.3 Å². The molecule has 142 valence electrons. The fourth-order valence-electron chi connectivity index (χ4n) is 3.20. The lowest BCUT2D eigenvalue weighted by Gasteiger charge is -2.19. The molecule has 3 aromatic rings. The summed E-state index contributed by atoms with van der Waals surface area (Å²) in [5.74, 6) is -0.126. The van der Waals surface area contributed by atoms with Gasteiger partial charge in [0.2, 0.25) is 5.78 Å². The molecule has 6 nitrogen and oxygen atoms in total. The smallest absolute Gasteiger partial charge is 0.261 e. The summed E-state index contributed by atoms with van der Waals surface area (Å²) in [6.45, 7) is 0. The Morgan fingerprint density at radius 1 is 1.18 bits per heavy atom. The molecule has 1 aromatic heterocycles. The van der Waals surface area contributed by atoms with Crippen LogP contribution in [0.15, 0.2) is 59.0 Å². The van der Waals surface area contributed by atoms with Crippen molar-refractivity contribution in [2.75, 3.05) is 12.4 Å². The Hall–Kier alpha value is -3.09. The van der Waals surface area contributed by atoms with Crippen molar-refractivity contribution in [2.24, 2.45) is 0 Å². The van der Waals surface area contributed by atoms with Gasteiger partial charge in [0.15, 0.2) is 11.4 Å². The van der Waals surface area contributed by atoms with Gasteiger partial charge in [0, 0.05) is 21.8 Å².